The quantitative estimate of drug-likeness (QED) is 0.443. The van der Waals surface area contributed by atoms with E-state index in [2.05, 4.69) is 26.1 Å². The fourth-order valence-electron chi connectivity index (χ4n) is 3.65. The number of carbonyl (C=O) groups is 2. The molecule has 6 N–H and O–H groups in total. The number of nitrogens with two attached hydrogens (primary N) is 2. The van der Waals surface area contributed by atoms with Crippen LogP contribution < -0.4 is 16.4 Å². The molecule has 8 heteroatoms. The Balaban J connectivity index is 2.03. The Hall–Kier alpha value is -2.61. The molecular weight excluding hydrogens is 378 g/mol. The van der Waals surface area contributed by atoms with E-state index in [1.807, 2.05) is 0 Å². The summed E-state index contributed by atoms with van der Waals surface area (Å²) in [7, 11) is 0. The standard InChI is InChI=1S/C21H28F2N4O2/c1-21(2,3)13-4-6-16(7-5-13)26-20(29)18(25)17(11-24)27-19(28)12-8-14(22)10-15(23)9-12/h8-11,13,16,24H,4-7,25H2,1-3H3,(H,26,29)(H,27,28)/p+1. The van der Waals surface area contributed by atoms with Gasteiger partial charge >= 0.3 is 5.91 Å². The van der Waals surface area contributed by atoms with Crippen molar-refractivity contribution in [3.8, 4) is 0 Å². The van der Waals surface area contributed by atoms with Gasteiger partial charge < -0.3 is 16.5 Å². The number of quaternary nitrogens is 1. The number of hydrogen-bond donors (Lipinski definition) is 4. The fraction of sp³-hybridized carbons (Fsp3) is 0.476. The summed E-state index contributed by atoms with van der Waals surface area (Å²) in [6.45, 7) is 6.66. The molecular formula is C21H29F2N4O2+. The molecule has 1 aromatic carbocycles. The van der Waals surface area contributed by atoms with Crippen LogP contribution in [0.1, 0.15) is 56.8 Å². The maximum absolute atomic E-state index is 13.3. The zero-order valence-corrected chi connectivity index (χ0v) is 17.0. The first-order valence-electron chi connectivity index (χ1n) is 9.68. The SMILES string of the molecule is CC(C)(C)C1CCC([NH2+]C(=O)C(N)=C(C=N)NC(=O)c2cc(F)cc(F)c2)CC1. The maximum atomic E-state index is 13.3. The van der Waals surface area contributed by atoms with Gasteiger partial charge in [0.15, 0.2) is 5.70 Å². The fourth-order valence-corrected chi connectivity index (χ4v) is 3.65. The minimum absolute atomic E-state index is 0.0969. The Morgan fingerprint density at radius 1 is 1.14 bits per heavy atom. The monoisotopic (exact) mass is 407 g/mol. The molecule has 2 amide bonds. The molecule has 0 atom stereocenters. The summed E-state index contributed by atoms with van der Waals surface area (Å²) >= 11 is 0. The Kier molecular flexibility index (Phi) is 7.24. The second-order valence-corrected chi connectivity index (χ2v) is 8.59. The number of rotatable bonds is 5. The summed E-state index contributed by atoms with van der Waals surface area (Å²) < 4.78 is 26.6. The van der Waals surface area contributed by atoms with Gasteiger partial charge in [0.25, 0.3) is 5.91 Å². The molecule has 1 aromatic rings. The highest BCUT2D eigenvalue weighted by Gasteiger charge is 2.32. The molecule has 1 aliphatic carbocycles. The minimum Gasteiger partial charge on any atom is -0.389 e. The predicted molar refractivity (Wildman–Crippen MR) is 106 cm³/mol. The van der Waals surface area contributed by atoms with Crippen LogP contribution in [-0.4, -0.2) is 24.1 Å². The first-order valence-corrected chi connectivity index (χ1v) is 9.68. The third kappa shape index (κ3) is 6.19. The van der Waals surface area contributed by atoms with E-state index in [1.54, 1.807) is 5.32 Å². The molecule has 1 aliphatic rings. The highest BCUT2D eigenvalue weighted by molar-refractivity contribution is 6.01. The van der Waals surface area contributed by atoms with E-state index in [1.165, 1.54) is 0 Å². The molecule has 1 saturated carbocycles. The molecule has 29 heavy (non-hydrogen) atoms. The largest absolute Gasteiger partial charge is 0.389 e. The Morgan fingerprint density at radius 3 is 2.17 bits per heavy atom. The van der Waals surface area contributed by atoms with E-state index >= 15 is 0 Å². The molecule has 0 aromatic heterocycles. The number of allylic oxidation sites excluding steroid dienone is 1. The molecule has 6 nitrogen and oxygen atoms in total. The molecule has 0 radical (unpaired) electrons. The van der Waals surface area contributed by atoms with E-state index in [9.17, 15) is 18.4 Å². The van der Waals surface area contributed by atoms with E-state index in [0.29, 0.717) is 12.0 Å². The molecule has 1 fully saturated rings. The van der Waals surface area contributed by atoms with E-state index in [4.69, 9.17) is 11.1 Å². The number of carbonyl (C=O) groups excluding carboxylic acids is 2. The summed E-state index contributed by atoms with van der Waals surface area (Å²) in [5, 5.41) is 11.3. The third-order valence-corrected chi connectivity index (χ3v) is 5.46. The zero-order valence-electron chi connectivity index (χ0n) is 17.0. The number of benzene rings is 1. The third-order valence-electron chi connectivity index (χ3n) is 5.46. The normalized spacial score (nSPS) is 20.6. The van der Waals surface area contributed by atoms with E-state index < -0.39 is 23.4 Å². The molecule has 158 valence electrons. The Bertz CT molecular complexity index is 802. The van der Waals surface area contributed by atoms with Crippen LogP contribution in [-0.2, 0) is 4.79 Å². The summed E-state index contributed by atoms with van der Waals surface area (Å²) in [4.78, 5) is 24.7. The van der Waals surface area contributed by atoms with Crippen LogP contribution in [0.4, 0.5) is 8.78 Å². The molecule has 0 bridgehead atoms. The van der Waals surface area contributed by atoms with Crippen molar-refractivity contribution in [1.82, 2.24) is 5.32 Å². The van der Waals surface area contributed by atoms with Gasteiger partial charge in [-0.2, -0.15) is 0 Å². The Morgan fingerprint density at radius 2 is 1.69 bits per heavy atom. The van der Waals surface area contributed by atoms with Gasteiger partial charge in [-0.15, -0.1) is 0 Å². The number of primary amides is 1. The van der Waals surface area contributed by atoms with Crippen molar-refractivity contribution in [1.29, 1.82) is 5.41 Å². The molecule has 0 saturated heterocycles. The number of amides is 2. The number of halogens is 2. The van der Waals surface area contributed by atoms with Crippen LogP contribution in [0.2, 0.25) is 0 Å². The van der Waals surface area contributed by atoms with Crippen molar-refractivity contribution in [3.05, 3.63) is 46.8 Å². The summed E-state index contributed by atoms with van der Waals surface area (Å²) in [6.07, 6.45) is 4.57. The van der Waals surface area contributed by atoms with Gasteiger partial charge in [-0.1, -0.05) is 20.8 Å². The van der Waals surface area contributed by atoms with Crippen LogP contribution in [0.25, 0.3) is 0 Å². The number of hydrogen-bond acceptors (Lipinski definition) is 4. The van der Waals surface area contributed by atoms with Crippen LogP contribution in [0, 0.1) is 28.4 Å². The van der Waals surface area contributed by atoms with Gasteiger partial charge in [-0.05, 0) is 36.3 Å². The lowest BCUT2D eigenvalue weighted by Gasteiger charge is -2.35. The average molecular weight is 407 g/mol. The second-order valence-electron chi connectivity index (χ2n) is 8.59. The average Bonchev–Trinajstić information content (AvgIpc) is 2.64. The molecule has 2 rings (SSSR count). The van der Waals surface area contributed by atoms with Crippen LogP contribution in [0.5, 0.6) is 0 Å². The Labute approximate surface area is 169 Å². The van der Waals surface area contributed by atoms with E-state index in [0.717, 1.165) is 44.0 Å². The van der Waals surface area contributed by atoms with Crippen LogP contribution >= 0.6 is 0 Å². The highest BCUT2D eigenvalue weighted by atomic mass is 19.1. The molecule has 0 heterocycles. The van der Waals surface area contributed by atoms with Gasteiger partial charge in [0.2, 0.25) is 0 Å². The summed E-state index contributed by atoms with van der Waals surface area (Å²) in [5.74, 6) is -2.52. The lowest BCUT2D eigenvalue weighted by Crippen LogP contribution is -2.94. The molecule has 0 unspecified atom stereocenters. The summed E-state index contributed by atoms with van der Waals surface area (Å²) in [5.41, 5.74) is 5.34. The highest BCUT2D eigenvalue weighted by Crippen LogP contribution is 2.37. The van der Waals surface area contributed by atoms with Gasteiger partial charge in [0, 0.05) is 30.7 Å². The van der Waals surface area contributed by atoms with Gasteiger partial charge in [-0.25, -0.2) is 13.6 Å². The van der Waals surface area contributed by atoms with Crippen LogP contribution in [0.3, 0.4) is 0 Å². The van der Waals surface area contributed by atoms with Crippen molar-refractivity contribution in [2.45, 2.75) is 52.5 Å². The predicted octanol–water partition coefficient (Wildman–Crippen LogP) is 2.21. The summed E-state index contributed by atoms with van der Waals surface area (Å²) in [6, 6.07) is 2.46. The van der Waals surface area contributed by atoms with Gasteiger partial charge in [0.1, 0.15) is 11.6 Å². The zero-order chi connectivity index (χ0) is 21.8. The second kappa shape index (κ2) is 9.26. The first kappa shape index (κ1) is 22.7. The lowest BCUT2D eigenvalue weighted by atomic mass is 9.71. The lowest BCUT2D eigenvalue weighted by molar-refractivity contribution is -0.606. The smallest absolute Gasteiger partial charge is 0.360 e. The minimum atomic E-state index is -0.904. The first-order chi connectivity index (χ1) is 13.5. The topological polar surface area (TPSA) is 113 Å². The van der Waals surface area contributed by atoms with Crippen molar-refractivity contribution >= 4 is 18.0 Å². The molecule has 0 spiro atoms. The van der Waals surface area contributed by atoms with Crippen molar-refractivity contribution < 1.29 is 23.7 Å². The van der Waals surface area contributed by atoms with Crippen molar-refractivity contribution in [2.24, 2.45) is 17.1 Å². The van der Waals surface area contributed by atoms with Crippen molar-refractivity contribution in [3.63, 3.8) is 0 Å². The number of nitrogens with one attached hydrogen (secondary N) is 2. The van der Waals surface area contributed by atoms with Gasteiger partial charge in [0.05, 0.1) is 11.7 Å². The van der Waals surface area contributed by atoms with Gasteiger partial charge in [-0.3, -0.25) is 10.1 Å². The molecule has 0 aliphatic heterocycles. The maximum Gasteiger partial charge on any atom is 0.360 e. The van der Waals surface area contributed by atoms with E-state index in [-0.39, 0.29) is 28.4 Å². The van der Waals surface area contributed by atoms with Crippen LogP contribution in [0.15, 0.2) is 29.6 Å². The van der Waals surface area contributed by atoms with Crippen molar-refractivity contribution in [2.75, 3.05) is 0 Å².